The molecule has 2 fully saturated rings. The zero-order chi connectivity index (χ0) is 19.8. The maximum atomic E-state index is 13.1. The zero-order valence-corrected chi connectivity index (χ0v) is 17.0. The molecule has 28 heavy (non-hydrogen) atoms. The number of nitrogens with one attached hydrogen (secondary N) is 1. The van der Waals surface area contributed by atoms with Crippen molar-refractivity contribution in [3.8, 4) is 0 Å². The van der Waals surface area contributed by atoms with Crippen LogP contribution in [0.5, 0.6) is 0 Å². The second kappa shape index (κ2) is 7.72. The van der Waals surface area contributed by atoms with E-state index < -0.39 is 10.0 Å². The lowest BCUT2D eigenvalue weighted by Crippen LogP contribution is -2.47. The molecular formula is C21H28N2O4S. The Bertz CT molecular complexity index is 936. The molecule has 4 rings (SSSR count). The summed E-state index contributed by atoms with van der Waals surface area (Å²) < 4.78 is 33.9. The first-order valence-electron chi connectivity index (χ1n) is 9.92. The van der Waals surface area contributed by atoms with Gasteiger partial charge >= 0.3 is 0 Å². The largest absolute Gasteiger partial charge is 0.392 e. The van der Waals surface area contributed by atoms with Crippen LogP contribution in [0.3, 0.4) is 0 Å². The van der Waals surface area contributed by atoms with Crippen molar-refractivity contribution in [1.29, 1.82) is 0 Å². The quantitative estimate of drug-likeness (QED) is 0.798. The summed E-state index contributed by atoms with van der Waals surface area (Å²) in [6.45, 7) is 3.86. The monoisotopic (exact) mass is 404 g/mol. The van der Waals surface area contributed by atoms with Crippen molar-refractivity contribution in [3.63, 3.8) is 0 Å². The second-order valence-electron chi connectivity index (χ2n) is 8.07. The van der Waals surface area contributed by atoms with Gasteiger partial charge in [0.15, 0.2) is 0 Å². The molecule has 2 aliphatic rings. The minimum absolute atomic E-state index is 0.221. The molecule has 6 nitrogen and oxygen atoms in total. The normalized spacial score (nSPS) is 24.0. The molecule has 0 aromatic heterocycles. The smallest absolute Gasteiger partial charge is 0.243 e. The first kappa shape index (κ1) is 19.8. The highest BCUT2D eigenvalue weighted by molar-refractivity contribution is 7.89. The van der Waals surface area contributed by atoms with Crippen LogP contribution in [0.4, 0.5) is 0 Å². The van der Waals surface area contributed by atoms with Crippen LogP contribution in [0.15, 0.2) is 47.4 Å². The Balaban J connectivity index is 1.42. The summed E-state index contributed by atoms with van der Waals surface area (Å²) >= 11 is 0. The van der Waals surface area contributed by atoms with Crippen LogP contribution in [0.25, 0.3) is 10.8 Å². The van der Waals surface area contributed by atoms with Crippen LogP contribution in [0.1, 0.15) is 26.2 Å². The Hall–Kier alpha value is -1.51. The molecule has 1 unspecified atom stereocenters. The highest BCUT2D eigenvalue weighted by atomic mass is 32.2. The van der Waals surface area contributed by atoms with Gasteiger partial charge in [-0.15, -0.1) is 0 Å². The fraction of sp³-hybridized carbons (Fsp3) is 0.524. The number of ether oxygens (including phenoxy) is 1. The molecule has 2 heterocycles. The molecule has 7 heteroatoms. The fourth-order valence-corrected chi connectivity index (χ4v) is 5.75. The lowest BCUT2D eigenvalue weighted by atomic mass is 9.88. The van der Waals surface area contributed by atoms with Crippen LogP contribution < -0.4 is 5.32 Å². The van der Waals surface area contributed by atoms with E-state index in [2.05, 4.69) is 5.32 Å². The molecule has 0 bridgehead atoms. The van der Waals surface area contributed by atoms with E-state index in [4.69, 9.17) is 4.74 Å². The van der Waals surface area contributed by atoms with Crippen LogP contribution in [0.2, 0.25) is 0 Å². The maximum absolute atomic E-state index is 13.1. The Kier molecular flexibility index (Phi) is 5.46. The van der Waals surface area contributed by atoms with Crippen molar-refractivity contribution in [2.24, 2.45) is 0 Å². The van der Waals surface area contributed by atoms with Gasteiger partial charge in [-0.3, -0.25) is 0 Å². The lowest BCUT2D eigenvalue weighted by Gasteiger charge is -2.38. The molecule has 2 aliphatic heterocycles. The predicted octanol–water partition coefficient (Wildman–Crippen LogP) is 2.12. The van der Waals surface area contributed by atoms with Gasteiger partial charge in [-0.2, -0.15) is 4.31 Å². The van der Waals surface area contributed by atoms with Crippen LogP contribution in [-0.4, -0.2) is 61.8 Å². The summed E-state index contributed by atoms with van der Waals surface area (Å²) in [5, 5.41) is 14.7. The summed E-state index contributed by atoms with van der Waals surface area (Å²) in [4.78, 5) is 0.353. The summed E-state index contributed by atoms with van der Waals surface area (Å²) in [6, 6.07) is 13.3. The van der Waals surface area contributed by atoms with Gasteiger partial charge in [0.1, 0.15) is 0 Å². The number of aliphatic hydroxyl groups is 1. The standard InChI is InChI=1S/C21H28N2O4S/c1-16(24)14-22-19-13-21(27-15-19)8-10-23(11-9-21)28(25,26)20-7-6-17-4-2-3-5-18(17)12-20/h2-7,12,16,19,22,24H,8-11,13-15H2,1H3/t16-,19?/m0/s1. The van der Waals surface area contributed by atoms with Crippen molar-refractivity contribution in [2.45, 2.75) is 48.8 Å². The first-order valence-corrected chi connectivity index (χ1v) is 11.4. The van der Waals surface area contributed by atoms with E-state index in [1.165, 1.54) is 0 Å². The summed E-state index contributed by atoms with van der Waals surface area (Å²) in [5.74, 6) is 0. The highest BCUT2D eigenvalue weighted by Gasteiger charge is 2.44. The maximum Gasteiger partial charge on any atom is 0.243 e. The molecule has 0 aliphatic carbocycles. The average molecular weight is 405 g/mol. The number of hydrogen-bond donors (Lipinski definition) is 2. The molecule has 2 aromatic carbocycles. The van der Waals surface area contributed by atoms with Crippen LogP contribution in [0, 0.1) is 0 Å². The zero-order valence-electron chi connectivity index (χ0n) is 16.2. The Morgan fingerprint density at radius 3 is 2.64 bits per heavy atom. The SMILES string of the molecule is C[C@H](O)CNC1COC2(CCN(S(=O)(=O)c3ccc4ccccc4c3)CC2)C1. The number of hydrogen-bond acceptors (Lipinski definition) is 5. The van der Waals surface area contributed by atoms with Crippen molar-refractivity contribution in [3.05, 3.63) is 42.5 Å². The Labute approximate surface area is 166 Å². The molecule has 0 radical (unpaired) electrons. The molecule has 2 saturated heterocycles. The number of fused-ring (bicyclic) bond motifs is 1. The molecule has 2 atom stereocenters. The molecule has 152 valence electrons. The number of nitrogens with zero attached hydrogens (tertiary/aromatic N) is 1. The molecule has 0 amide bonds. The van der Waals surface area contributed by atoms with E-state index in [0.717, 1.165) is 17.2 Å². The third-order valence-corrected chi connectivity index (χ3v) is 7.80. The topological polar surface area (TPSA) is 78.9 Å². The third-order valence-electron chi connectivity index (χ3n) is 5.90. The first-order chi connectivity index (χ1) is 13.4. The van der Waals surface area contributed by atoms with Gasteiger partial charge in [0.2, 0.25) is 10.0 Å². The van der Waals surface area contributed by atoms with E-state index in [1.807, 2.05) is 30.3 Å². The third kappa shape index (κ3) is 3.95. The number of rotatable bonds is 5. The van der Waals surface area contributed by atoms with E-state index in [1.54, 1.807) is 23.4 Å². The van der Waals surface area contributed by atoms with Crippen molar-refractivity contribution >= 4 is 20.8 Å². The van der Waals surface area contributed by atoms with E-state index in [-0.39, 0.29) is 17.7 Å². The molecule has 2 N–H and O–H groups in total. The Morgan fingerprint density at radius 2 is 1.93 bits per heavy atom. The highest BCUT2D eigenvalue weighted by Crippen LogP contribution is 2.37. The molecule has 1 spiro atoms. The Morgan fingerprint density at radius 1 is 1.21 bits per heavy atom. The summed E-state index contributed by atoms with van der Waals surface area (Å²) in [7, 11) is -3.51. The molecular weight excluding hydrogens is 376 g/mol. The minimum Gasteiger partial charge on any atom is -0.392 e. The van der Waals surface area contributed by atoms with Crippen molar-refractivity contribution in [1.82, 2.24) is 9.62 Å². The van der Waals surface area contributed by atoms with Crippen LogP contribution >= 0.6 is 0 Å². The van der Waals surface area contributed by atoms with Crippen molar-refractivity contribution in [2.75, 3.05) is 26.2 Å². The van der Waals surface area contributed by atoms with Crippen LogP contribution in [-0.2, 0) is 14.8 Å². The van der Waals surface area contributed by atoms with Gasteiger partial charge in [0.05, 0.1) is 23.2 Å². The summed E-state index contributed by atoms with van der Waals surface area (Å²) in [6.07, 6.45) is 1.88. The van der Waals surface area contributed by atoms with Gasteiger partial charge in [-0.25, -0.2) is 8.42 Å². The van der Waals surface area contributed by atoms with Gasteiger partial charge in [0, 0.05) is 25.7 Å². The van der Waals surface area contributed by atoms with Gasteiger partial charge in [-0.05, 0) is 49.1 Å². The van der Waals surface area contributed by atoms with Crippen molar-refractivity contribution < 1.29 is 18.3 Å². The minimum atomic E-state index is -3.51. The van der Waals surface area contributed by atoms with Gasteiger partial charge in [0.25, 0.3) is 0 Å². The van der Waals surface area contributed by atoms with E-state index in [9.17, 15) is 13.5 Å². The van der Waals surface area contributed by atoms with Gasteiger partial charge in [-0.1, -0.05) is 30.3 Å². The fourth-order valence-electron chi connectivity index (χ4n) is 4.27. The number of aliphatic hydroxyl groups excluding tert-OH is 1. The molecule has 2 aromatic rings. The van der Waals surface area contributed by atoms with E-state index >= 15 is 0 Å². The molecule has 0 saturated carbocycles. The van der Waals surface area contributed by atoms with E-state index in [0.29, 0.717) is 44.0 Å². The lowest BCUT2D eigenvalue weighted by molar-refractivity contribution is -0.0311. The number of benzene rings is 2. The average Bonchev–Trinajstić information content (AvgIpc) is 3.09. The number of piperidine rings is 1. The second-order valence-corrected chi connectivity index (χ2v) is 10.0. The number of sulfonamides is 1. The van der Waals surface area contributed by atoms with Gasteiger partial charge < -0.3 is 15.2 Å². The predicted molar refractivity (Wildman–Crippen MR) is 109 cm³/mol. The summed E-state index contributed by atoms with van der Waals surface area (Å²) in [5.41, 5.74) is -0.244.